The second kappa shape index (κ2) is 8.90. The van der Waals surface area contributed by atoms with E-state index in [1.807, 2.05) is 31.2 Å². The van der Waals surface area contributed by atoms with Crippen molar-refractivity contribution in [1.82, 2.24) is 19.9 Å². The zero-order valence-corrected chi connectivity index (χ0v) is 18.2. The summed E-state index contributed by atoms with van der Waals surface area (Å²) in [4.78, 5) is 35.9. The molecule has 164 valence electrons. The second-order valence-electron chi connectivity index (χ2n) is 8.19. The Bertz CT molecular complexity index is 1080. The Labute approximate surface area is 187 Å². The van der Waals surface area contributed by atoms with Crippen LogP contribution in [-0.2, 0) is 6.42 Å². The Kier molecular flexibility index (Phi) is 5.66. The van der Waals surface area contributed by atoms with Crippen molar-refractivity contribution in [3.8, 4) is 0 Å². The lowest BCUT2D eigenvalue weighted by molar-refractivity contribution is 0.0963. The Balaban J connectivity index is 1.41. The molecule has 0 spiro atoms. The molecule has 1 saturated heterocycles. The molecular weight excluding hydrogens is 402 g/mol. The summed E-state index contributed by atoms with van der Waals surface area (Å²) >= 11 is 0. The fourth-order valence-corrected chi connectivity index (χ4v) is 4.52. The first-order chi connectivity index (χ1) is 15.7. The maximum atomic E-state index is 13.1. The van der Waals surface area contributed by atoms with Crippen LogP contribution in [0.25, 0.3) is 0 Å². The summed E-state index contributed by atoms with van der Waals surface area (Å²) in [7, 11) is 0. The van der Waals surface area contributed by atoms with E-state index in [-0.39, 0.29) is 11.7 Å². The summed E-state index contributed by atoms with van der Waals surface area (Å²) in [5.41, 5.74) is 2.71. The third kappa shape index (κ3) is 4.00. The lowest BCUT2D eigenvalue weighted by Crippen LogP contribution is -2.48. The number of ketones is 1. The van der Waals surface area contributed by atoms with Gasteiger partial charge in [-0.25, -0.2) is 15.0 Å². The smallest absolute Gasteiger partial charge is 0.227 e. The molecular formula is C24H27N7O. The number of hydrogen-bond donors (Lipinski definition) is 1. The Hall–Kier alpha value is -3.55. The monoisotopic (exact) mass is 429 g/mol. The zero-order valence-electron chi connectivity index (χ0n) is 18.2. The molecule has 1 atom stereocenters. The fraction of sp³-hybridized carbons (Fsp3) is 0.375. The lowest BCUT2D eigenvalue weighted by Gasteiger charge is -2.35. The number of hydrogen-bond acceptors (Lipinski definition) is 8. The first-order valence-electron chi connectivity index (χ1n) is 11.2. The largest absolute Gasteiger partial charge is 0.370 e. The third-order valence-corrected chi connectivity index (χ3v) is 6.14. The highest BCUT2D eigenvalue weighted by Crippen LogP contribution is 2.35. The number of anilines is 3. The number of benzene rings is 1. The van der Waals surface area contributed by atoms with Crippen LogP contribution in [0.15, 0.2) is 48.8 Å². The van der Waals surface area contributed by atoms with Crippen LogP contribution >= 0.6 is 0 Å². The number of aromatic nitrogens is 4. The van der Waals surface area contributed by atoms with Gasteiger partial charge in [0.05, 0.1) is 11.3 Å². The summed E-state index contributed by atoms with van der Waals surface area (Å²) < 4.78 is 0. The molecule has 5 rings (SSSR count). The van der Waals surface area contributed by atoms with Crippen LogP contribution in [0, 0.1) is 0 Å². The van der Waals surface area contributed by atoms with Crippen molar-refractivity contribution in [2.45, 2.75) is 25.7 Å². The maximum absolute atomic E-state index is 13.1. The molecule has 1 aliphatic heterocycles. The number of nitrogens with zero attached hydrogens (tertiary/aromatic N) is 6. The second-order valence-corrected chi connectivity index (χ2v) is 8.19. The normalized spacial score (nSPS) is 18.4. The number of rotatable bonds is 5. The quantitative estimate of drug-likeness (QED) is 0.662. The molecule has 8 heteroatoms. The van der Waals surface area contributed by atoms with Crippen molar-refractivity contribution < 1.29 is 4.79 Å². The van der Waals surface area contributed by atoms with Gasteiger partial charge in [-0.2, -0.15) is 4.98 Å². The molecule has 0 saturated carbocycles. The molecule has 1 fully saturated rings. The van der Waals surface area contributed by atoms with Gasteiger partial charge in [-0.15, -0.1) is 0 Å². The van der Waals surface area contributed by atoms with Crippen LogP contribution < -0.4 is 15.1 Å². The number of Topliss-reactive ketones (excluding diaryl/α,β-unsaturated/α-hetero) is 1. The summed E-state index contributed by atoms with van der Waals surface area (Å²) in [6.45, 7) is 5.88. The Morgan fingerprint density at radius 1 is 0.906 bits per heavy atom. The molecule has 1 N–H and O–H groups in total. The fourth-order valence-electron chi connectivity index (χ4n) is 4.52. The molecule has 2 aliphatic rings. The van der Waals surface area contributed by atoms with Gasteiger partial charge in [0.25, 0.3) is 0 Å². The zero-order chi connectivity index (χ0) is 21.9. The molecule has 8 nitrogen and oxygen atoms in total. The Morgan fingerprint density at radius 3 is 2.28 bits per heavy atom. The average Bonchev–Trinajstić information content (AvgIpc) is 2.85. The van der Waals surface area contributed by atoms with E-state index in [1.165, 1.54) is 5.56 Å². The molecule has 0 radical (unpaired) electrons. The van der Waals surface area contributed by atoms with E-state index >= 15 is 0 Å². The minimum atomic E-state index is 0.119. The number of carbonyl (C=O) groups is 1. The van der Waals surface area contributed by atoms with Gasteiger partial charge in [-0.1, -0.05) is 30.3 Å². The van der Waals surface area contributed by atoms with Crippen LogP contribution in [0.1, 0.15) is 40.9 Å². The Morgan fingerprint density at radius 2 is 1.59 bits per heavy atom. The molecule has 32 heavy (non-hydrogen) atoms. The van der Waals surface area contributed by atoms with Crippen molar-refractivity contribution in [3.63, 3.8) is 0 Å². The van der Waals surface area contributed by atoms with Crippen LogP contribution in [0.5, 0.6) is 0 Å². The summed E-state index contributed by atoms with van der Waals surface area (Å²) in [5.74, 6) is 2.38. The number of nitrogens with one attached hydrogen (secondary N) is 1. The topological polar surface area (TPSA) is 87.1 Å². The minimum Gasteiger partial charge on any atom is -0.370 e. The van der Waals surface area contributed by atoms with Crippen molar-refractivity contribution >= 4 is 23.5 Å². The van der Waals surface area contributed by atoms with Gasteiger partial charge in [0.1, 0.15) is 5.82 Å². The van der Waals surface area contributed by atoms with E-state index in [1.54, 1.807) is 12.4 Å². The molecule has 3 heterocycles. The molecule has 0 unspecified atom stereocenters. The highest BCUT2D eigenvalue weighted by Gasteiger charge is 2.32. The predicted molar refractivity (Wildman–Crippen MR) is 124 cm³/mol. The minimum absolute atomic E-state index is 0.119. The predicted octanol–water partition coefficient (Wildman–Crippen LogP) is 2.94. The van der Waals surface area contributed by atoms with Gasteiger partial charge in [0.15, 0.2) is 5.78 Å². The molecule has 1 aliphatic carbocycles. The van der Waals surface area contributed by atoms with E-state index in [0.29, 0.717) is 30.3 Å². The first kappa shape index (κ1) is 20.4. The number of carbonyl (C=O) groups excluding carboxylic acids is 1. The summed E-state index contributed by atoms with van der Waals surface area (Å²) in [6.07, 6.45) is 4.78. The van der Waals surface area contributed by atoms with Crippen molar-refractivity contribution in [2.24, 2.45) is 0 Å². The lowest BCUT2D eigenvalue weighted by atomic mass is 9.82. The van der Waals surface area contributed by atoms with Crippen LogP contribution in [0.3, 0.4) is 0 Å². The van der Waals surface area contributed by atoms with Gasteiger partial charge < -0.3 is 15.1 Å². The SMILES string of the molecule is CCNc1nc(N2CCN(c3ncccn3)CC2)nc2c1C(=O)C[C@@H](c1ccccc1)C2. The van der Waals surface area contributed by atoms with E-state index in [2.05, 4.69) is 37.2 Å². The summed E-state index contributed by atoms with van der Waals surface area (Å²) in [5, 5.41) is 3.31. The third-order valence-electron chi connectivity index (χ3n) is 6.14. The van der Waals surface area contributed by atoms with Crippen LogP contribution in [0.4, 0.5) is 17.7 Å². The number of fused-ring (bicyclic) bond motifs is 1. The standard InChI is InChI=1S/C24H27N7O/c1-2-25-22-21-19(15-18(16-20(21)32)17-7-4-3-5-8-17)28-24(29-22)31-13-11-30(12-14-31)23-26-9-6-10-27-23/h3-10,18H,2,11-16H2,1H3,(H,25,28,29)/t18-/m0/s1. The first-order valence-corrected chi connectivity index (χ1v) is 11.2. The van der Waals surface area contributed by atoms with E-state index < -0.39 is 0 Å². The van der Waals surface area contributed by atoms with Gasteiger partial charge in [-0.3, -0.25) is 4.79 Å². The van der Waals surface area contributed by atoms with Gasteiger partial charge in [-0.05, 0) is 30.9 Å². The van der Waals surface area contributed by atoms with E-state index in [4.69, 9.17) is 9.97 Å². The van der Waals surface area contributed by atoms with Crippen molar-refractivity contribution in [3.05, 3.63) is 65.6 Å². The highest BCUT2D eigenvalue weighted by molar-refractivity contribution is 6.03. The van der Waals surface area contributed by atoms with E-state index in [0.717, 1.165) is 44.2 Å². The van der Waals surface area contributed by atoms with Crippen LogP contribution in [0.2, 0.25) is 0 Å². The maximum Gasteiger partial charge on any atom is 0.227 e. The molecule has 0 amide bonds. The number of piperazine rings is 1. The molecule has 0 bridgehead atoms. The average molecular weight is 430 g/mol. The van der Waals surface area contributed by atoms with Crippen molar-refractivity contribution in [1.29, 1.82) is 0 Å². The van der Waals surface area contributed by atoms with Crippen molar-refractivity contribution in [2.75, 3.05) is 47.8 Å². The van der Waals surface area contributed by atoms with Gasteiger partial charge in [0, 0.05) is 51.5 Å². The van der Waals surface area contributed by atoms with Gasteiger partial charge in [0.2, 0.25) is 11.9 Å². The molecule has 3 aromatic rings. The highest BCUT2D eigenvalue weighted by atomic mass is 16.1. The van der Waals surface area contributed by atoms with Crippen LogP contribution in [-0.4, -0.2) is 58.4 Å². The van der Waals surface area contributed by atoms with E-state index in [9.17, 15) is 4.79 Å². The molecule has 1 aromatic carbocycles. The molecule has 2 aromatic heterocycles. The summed E-state index contributed by atoms with van der Waals surface area (Å²) in [6, 6.07) is 12.1. The van der Waals surface area contributed by atoms with Gasteiger partial charge >= 0.3 is 0 Å².